The van der Waals surface area contributed by atoms with Crippen LogP contribution in [0.25, 0.3) is 10.9 Å². The summed E-state index contributed by atoms with van der Waals surface area (Å²) < 4.78 is 0. The Morgan fingerprint density at radius 2 is 1.91 bits per heavy atom. The molecular formula is C17H20ClN3O2. The Balaban J connectivity index is 0.00000156. The highest BCUT2D eigenvalue weighted by atomic mass is 35.5. The number of H-pyrrole nitrogens is 1. The van der Waals surface area contributed by atoms with Crippen LogP contribution in [0.1, 0.15) is 29.6 Å². The lowest BCUT2D eigenvalue weighted by atomic mass is 10.1. The molecule has 2 fully saturated rings. The second-order valence-electron chi connectivity index (χ2n) is 6.27. The van der Waals surface area contributed by atoms with Crippen molar-refractivity contribution < 1.29 is 4.79 Å². The number of nitrogens with one attached hydrogen (secondary N) is 2. The third-order valence-electron chi connectivity index (χ3n) is 4.79. The molecular weight excluding hydrogens is 314 g/mol. The van der Waals surface area contributed by atoms with Gasteiger partial charge in [0.05, 0.1) is 5.56 Å². The average Bonchev–Trinajstić information content (AvgIpc) is 2.85. The smallest absolute Gasteiger partial charge is 0.254 e. The van der Waals surface area contributed by atoms with Crippen LogP contribution in [0.15, 0.2) is 35.1 Å². The number of carbonyl (C=O) groups excluding carboxylic acids is 1. The fraction of sp³-hybridized carbons (Fsp3) is 0.412. The molecule has 23 heavy (non-hydrogen) atoms. The number of halogens is 1. The van der Waals surface area contributed by atoms with E-state index in [1.165, 1.54) is 12.5 Å². The first kappa shape index (κ1) is 16.0. The second kappa shape index (κ2) is 6.34. The number of benzene rings is 1. The molecule has 1 aromatic heterocycles. The topological polar surface area (TPSA) is 65.2 Å². The van der Waals surface area contributed by atoms with Crippen molar-refractivity contribution in [3.8, 4) is 0 Å². The summed E-state index contributed by atoms with van der Waals surface area (Å²) in [5.74, 6) is -0.0309. The van der Waals surface area contributed by atoms with Crippen molar-refractivity contribution in [2.75, 3.05) is 13.1 Å². The summed E-state index contributed by atoms with van der Waals surface area (Å²) in [5.41, 5.74) is 1.00. The van der Waals surface area contributed by atoms with Crippen molar-refractivity contribution in [1.29, 1.82) is 0 Å². The molecule has 2 aromatic rings. The predicted octanol–water partition coefficient (Wildman–Crippen LogP) is 1.92. The maximum absolute atomic E-state index is 12.9. The molecule has 2 atom stereocenters. The highest BCUT2D eigenvalue weighted by molar-refractivity contribution is 6.05. The molecule has 6 heteroatoms. The van der Waals surface area contributed by atoms with E-state index in [0.29, 0.717) is 23.2 Å². The highest BCUT2D eigenvalue weighted by Crippen LogP contribution is 2.23. The summed E-state index contributed by atoms with van der Waals surface area (Å²) in [4.78, 5) is 29.5. The molecule has 122 valence electrons. The summed E-state index contributed by atoms with van der Waals surface area (Å²) in [6, 6.07) is 9.84. The monoisotopic (exact) mass is 333 g/mol. The number of likely N-dealkylation sites (tertiary alicyclic amines) is 1. The fourth-order valence-electron chi connectivity index (χ4n) is 3.68. The Hall–Kier alpha value is -1.85. The van der Waals surface area contributed by atoms with Crippen molar-refractivity contribution in [2.24, 2.45) is 0 Å². The molecule has 1 amide bonds. The number of aromatic nitrogens is 1. The quantitative estimate of drug-likeness (QED) is 0.838. The van der Waals surface area contributed by atoms with Crippen molar-refractivity contribution in [3.05, 3.63) is 46.2 Å². The number of nitrogens with zero attached hydrogens (tertiary/aromatic N) is 1. The molecule has 2 N–H and O–H groups in total. The molecule has 2 saturated heterocycles. The number of para-hydroxylation sites is 1. The Kier molecular flexibility index (Phi) is 4.41. The number of carbonyl (C=O) groups is 1. The minimum atomic E-state index is -0.225. The minimum absolute atomic E-state index is 0. The van der Waals surface area contributed by atoms with Crippen LogP contribution in [0.5, 0.6) is 0 Å². The molecule has 5 nitrogen and oxygen atoms in total. The van der Waals surface area contributed by atoms with Crippen LogP contribution in [0, 0.1) is 0 Å². The first-order chi connectivity index (χ1) is 10.7. The summed E-state index contributed by atoms with van der Waals surface area (Å²) >= 11 is 0. The summed E-state index contributed by atoms with van der Waals surface area (Å²) in [7, 11) is 0. The van der Waals surface area contributed by atoms with Crippen LogP contribution in [0.2, 0.25) is 0 Å². The Morgan fingerprint density at radius 3 is 2.78 bits per heavy atom. The number of rotatable bonds is 1. The number of fused-ring (bicyclic) bond motifs is 3. The molecule has 3 heterocycles. The standard InChI is InChI=1S/C17H19N3O2.ClH/c21-16-9-14(13-3-1-2-4-15(13)19-16)17(22)20-8-7-11-5-6-12(10-20)18-11;/h1-4,9,11-12,18H,5-8,10H2,(H,19,21);1H. The maximum atomic E-state index is 12.9. The largest absolute Gasteiger partial charge is 0.337 e. The van der Waals surface area contributed by atoms with Gasteiger partial charge in [-0.05, 0) is 25.3 Å². The van der Waals surface area contributed by atoms with Gasteiger partial charge in [0.2, 0.25) is 5.56 Å². The Morgan fingerprint density at radius 1 is 1.13 bits per heavy atom. The summed E-state index contributed by atoms with van der Waals surface area (Å²) in [6.45, 7) is 1.49. The average molecular weight is 334 g/mol. The van der Waals surface area contributed by atoms with E-state index in [4.69, 9.17) is 0 Å². The van der Waals surface area contributed by atoms with Gasteiger partial charge in [0.25, 0.3) is 5.91 Å². The molecule has 0 saturated carbocycles. The van der Waals surface area contributed by atoms with Crippen LogP contribution >= 0.6 is 12.4 Å². The fourth-order valence-corrected chi connectivity index (χ4v) is 3.68. The van der Waals surface area contributed by atoms with Crippen LogP contribution < -0.4 is 10.9 Å². The lowest BCUT2D eigenvalue weighted by Gasteiger charge is -2.24. The van der Waals surface area contributed by atoms with E-state index in [0.717, 1.165) is 31.3 Å². The molecule has 2 aliphatic rings. The van der Waals surface area contributed by atoms with Crippen LogP contribution in [0.3, 0.4) is 0 Å². The molecule has 2 bridgehead atoms. The number of hydrogen-bond donors (Lipinski definition) is 2. The lowest BCUT2D eigenvalue weighted by molar-refractivity contribution is 0.0750. The van der Waals surface area contributed by atoms with Gasteiger partial charge >= 0.3 is 0 Å². The van der Waals surface area contributed by atoms with Crippen molar-refractivity contribution in [2.45, 2.75) is 31.3 Å². The van der Waals surface area contributed by atoms with Crippen molar-refractivity contribution in [1.82, 2.24) is 15.2 Å². The molecule has 4 rings (SSSR count). The minimum Gasteiger partial charge on any atom is -0.337 e. The number of aromatic amines is 1. The first-order valence-electron chi connectivity index (χ1n) is 7.88. The van der Waals surface area contributed by atoms with Gasteiger partial charge < -0.3 is 15.2 Å². The number of pyridine rings is 1. The Labute approximate surface area is 140 Å². The predicted molar refractivity (Wildman–Crippen MR) is 92.3 cm³/mol. The second-order valence-corrected chi connectivity index (χ2v) is 6.27. The summed E-state index contributed by atoms with van der Waals surface area (Å²) in [6.07, 6.45) is 3.33. The van der Waals surface area contributed by atoms with Gasteiger partial charge in [0.15, 0.2) is 0 Å². The van der Waals surface area contributed by atoms with Gasteiger partial charge in [-0.2, -0.15) is 0 Å². The molecule has 0 spiro atoms. The number of amides is 1. The van der Waals surface area contributed by atoms with Crippen molar-refractivity contribution in [3.63, 3.8) is 0 Å². The van der Waals surface area contributed by atoms with Gasteiger partial charge in [0, 0.05) is 42.1 Å². The Bertz CT molecular complexity index is 789. The van der Waals surface area contributed by atoms with Gasteiger partial charge in [-0.3, -0.25) is 9.59 Å². The van der Waals surface area contributed by atoms with Gasteiger partial charge in [-0.15, -0.1) is 12.4 Å². The lowest BCUT2D eigenvalue weighted by Crippen LogP contribution is -2.39. The van der Waals surface area contributed by atoms with E-state index >= 15 is 0 Å². The van der Waals surface area contributed by atoms with E-state index in [1.807, 2.05) is 29.2 Å². The van der Waals surface area contributed by atoms with Crippen LogP contribution in [-0.4, -0.2) is 41.0 Å². The van der Waals surface area contributed by atoms with Crippen LogP contribution in [0.4, 0.5) is 0 Å². The third-order valence-corrected chi connectivity index (χ3v) is 4.79. The van der Waals surface area contributed by atoms with Gasteiger partial charge in [-0.25, -0.2) is 0 Å². The zero-order valence-corrected chi connectivity index (χ0v) is 13.6. The van der Waals surface area contributed by atoms with Crippen LogP contribution in [-0.2, 0) is 0 Å². The third kappa shape index (κ3) is 2.99. The number of hydrogen-bond acceptors (Lipinski definition) is 3. The van der Waals surface area contributed by atoms with E-state index < -0.39 is 0 Å². The molecule has 0 aliphatic carbocycles. The van der Waals surface area contributed by atoms with E-state index in [9.17, 15) is 9.59 Å². The summed E-state index contributed by atoms with van der Waals surface area (Å²) in [5, 5.41) is 4.39. The van der Waals surface area contributed by atoms with Gasteiger partial charge in [0.1, 0.15) is 0 Å². The molecule has 1 aromatic carbocycles. The van der Waals surface area contributed by atoms with E-state index in [1.54, 1.807) is 0 Å². The normalized spacial score (nSPS) is 23.4. The van der Waals surface area contributed by atoms with E-state index in [2.05, 4.69) is 10.3 Å². The van der Waals surface area contributed by atoms with E-state index in [-0.39, 0.29) is 23.9 Å². The molecule has 2 aliphatic heterocycles. The highest BCUT2D eigenvalue weighted by Gasteiger charge is 2.31. The van der Waals surface area contributed by atoms with Gasteiger partial charge in [-0.1, -0.05) is 18.2 Å². The zero-order valence-electron chi connectivity index (χ0n) is 12.7. The molecule has 2 unspecified atom stereocenters. The van der Waals surface area contributed by atoms with Crippen molar-refractivity contribution >= 4 is 29.2 Å². The first-order valence-corrected chi connectivity index (χ1v) is 7.88. The molecule has 0 radical (unpaired) electrons. The SMILES string of the molecule is Cl.O=C(c1cc(=O)[nH]c2ccccc12)N1CCC2CCC(C1)N2. The zero-order chi connectivity index (χ0) is 15.1. The maximum Gasteiger partial charge on any atom is 0.254 e.